The second-order valence-corrected chi connectivity index (χ2v) is 6.40. The molecule has 1 aliphatic rings. The summed E-state index contributed by atoms with van der Waals surface area (Å²) >= 11 is 1.90. The van der Waals surface area contributed by atoms with Gasteiger partial charge in [-0.1, -0.05) is 30.3 Å². The predicted octanol–water partition coefficient (Wildman–Crippen LogP) is 3.31. The second-order valence-electron chi connectivity index (χ2n) is 5.12. The van der Waals surface area contributed by atoms with Gasteiger partial charge in [0.1, 0.15) is 5.75 Å². The molecule has 0 amide bonds. The SMILES string of the molecule is CCOc1cccc(C(NN)C2Cc3ccccc3S2)c1. The molecule has 4 heteroatoms. The summed E-state index contributed by atoms with van der Waals surface area (Å²) in [5.74, 6) is 6.74. The molecule has 2 atom stereocenters. The number of hydrogen-bond acceptors (Lipinski definition) is 4. The van der Waals surface area contributed by atoms with Crippen LogP contribution in [0.15, 0.2) is 53.4 Å². The minimum Gasteiger partial charge on any atom is -0.494 e. The van der Waals surface area contributed by atoms with Crippen LogP contribution in [0.2, 0.25) is 0 Å². The minimum absolute atomic E-state index is 0.114. The van der Waals surface area contributed by atoms with Gasteiger partial charge in [0.25, 0.3) is 0 Å². The van der Waals surface area contributed by atoms with Gasteiger partial charge in [-0.2, -0.15) is 0 Å². The average Bonchev–Trinajstić information content (AvgIpc) is 2.92. The summed E-state index contributed by atoms with van der Waals surface area (Å²) in [5, 5.41) is 0.407. The van der Waals surface area contributed by atoms with Crippen LogP contribution in [0.1, 0.15) is 24.1 Å². The fourth-order valence-electron chi connectivity index (χ4n) is 2.78. The van der Waals surface area contributed by atoms with Crippen molar-refractivity contribution in [3.63, 3.8) is 0 Å². The molecule has 0 spiro atoms. The molecule has 3 rings (SSSR count). The highest BCUT2D eigenvalue weighted by atomic mass is 32.2. The maximum absolute atomic E-state index is 5.84. The van der Waals surface area contributed by atoms with E-state index in [0.717, 1.165) is 12.2 Å². The van der Waals surface area contributed by atoms with Gasteiger partial charge in [0, 0.05) is 10.1 Å². The zero-order valence-corrected chi connectivity index (χ0v) is 12.9. The van der Waals surface area contributed by atoms with Crippen molar-refractivity contribution >= 4 is 11.8 Å². The van der Waals surface area contributed by atoms with Gasteiger partial charge in [0.05, 0.1) is 12.6 Å². The molecule has 0 fully saturated rings. The third-order valence-corrected chi connectivity index (χ3v) is 5.15. The van der Waals surface area contributed by atoms with E-state index in [0.29, 0.717) is 11.9 Å². The van der Waals surface area contributed by atoms with E-state index in [2.05, 4.69) is 41.8 Å². The van der Waals surface area contributed by atoms with Gasteiger partial charge in [-0.05, 0) is 42.7 Å². The monoisotopic (exact) mass is 300 g/mol. The van der Waals surface area contributed by atoms with Crippen molar-refractivity contribution in [1.29, 1.82) is 0 Å². The van der Waals surface area contributed by atoms with E-state index < -0.39 is 0 Å². The van der Waals surface area contributed by atoms with Crippen LogP contribution in [-0.4, -0.2) is 11.9 Å². The number of thioether (sulfide) groups is 1. The number of nitrogens with two attached hydrogens (primary N) is 1. The molecule has 0 radical (unpaired) electrons. The maximum Gasteiger partial charge on any atom is 0.119 e. The van der Waals surface area contributed by atoms with Crippen LogP contribution in [0, 0.1) is 0 Å². The molecule has 0 aromatic heterocycles. The molecule has 0 saturated carbocycles. The van der Waals surface area contributed by atoms with E-state index in [1.54, 1.807) is 0 Å². The van der Waals surface area contributed by atoms with Crippen molar-refractivity contribution < 1.29 is 4.74 Å². The number of nitrogens with one attached hydrogen (secondary N) is 1. The smallest absolute Gasteiger partial charge is 0.119 e. The lowest BCUT2D eigenvalue weighted by molar-refractivity contribution is 0.339. The summed E-state index contributed by atoms with van der Waals surface area (Å²) in [7, 11) is 0. The Balaban J connectivity index is 1.82. The van der Waals surface area contributed by atoms with Gasteiger partial charge in [-0.3, -0.25) is 11.3 Å². The Bertz CT molecular complexity index is 592. The molecule has 0 bridgehead atoms. The first-order chi connectivity index (χ1) is 10.3. The number of hydrazine groups is 1. The molecule has 2 aromatic rings. The highest BCUT2D eigenvalue weighted by Crippen LogP contribution is 2.42. The fraction of sp³-hybridized carbons (Fsp3) is 0.294. The van der Waals surface area contributed by atoms with Crippen LogP contribution in [0.4, 0.5) is 0 Å². The Morgan fingerprint density at radius 3 is 2.90 bits per heavy atom. The standard InChI is InChI=1S/C17H20N2OS/c1-2-20-14-8-5-7-13(10-14)17(19-18)16-11-12-6-3-4-9-15(12)21-16/h3-10,16-17,19H,2,11,18H2,1H3. The van der Waals surface area contributed by atoms with Gasteiger partial charge in [0.2, 0.25) is 0 Å². The quantitative estimate of drug-likeness (QED) is 0.657. The average molecular weight is 300 g/mol. The number of hydrogen-bond donors (Lipinski definition) is 2. The van der Waals surface area contributed by atoms with E-state index in [-0.39, 0.29) is 6.04 Å². The Morgan fingerprint density at radius 1 is 1.29 bits per heavy atom. The molecule has 0 aliphatic carbocycles. The molecule has 0 saturated heterocycles. The van der Waals surface area contributed by atoms with Crippen molar-refractivity contribution in [2.45, 2.75) is 29.5 Å². The molecular formula is C17H20N2OS. The van der Waals surface area contributed by atoms with E-state index in [4.69, 9.17) is 10.6 Å². The van der Waals surface area contributed by atoms with E-state index in [1.807, 2.05) is 30.8 Å². The van der Waals surface area contributed by atoms with Crippen molar-refractivity contribution in [1.82, 2.24) is 5.43 Å². The largest absolute Gasteiger partial charge is 0.494 e. The van der Waals surface area contributed by atoms with E-state index in [9.17, 15) is 0 Å². The molecule has 110 valence electrons. The molecule has 1 heterocycles. The molecule has 1 aliphatic heterocycles. The number of rotatable bonds is 5. The lowest BCUT2D eigenvalue weighted by Crippen LogP contribution is -2.35. The van der Waals surface area contributed by atoms with Crippen LogP contribution < -0.4 is 16.0 Å². The van der Waals surface area contributed by atoms with Gasteiger partial charge < -0.3 is 4.74 Å². The van der Waals surface area contributed by atoms with E-state index >= 15 is 0 Å². The summed E-state index contributed by atoms with van der Waals surface area (Å²) in [4.78, 5) is 1.36. The second kappa shape index (κ2) is 6.52. The third-order valence-electron chi connectivity index (χ3n) is 3.75. The summed E-state index contributed by atoms with van der Waals surface area (Å²) in [6.07, 6.45) is 1.04. The van der Waals surface area contributed by atoms with Crippen LogP contribution >= 0.6 is 11.8 Å². The highest BCUT2D eigenvalue weighted by Gasteiger charge is 2.29. The minimum atomic E-state index is 0.114. The predicted molar refractivity (Wildman–Crippen MR) is 87.5 cm³/mol. The summed E-state index contributed by atoms with van der Waals surface area (Å²) in [6.45, 7) is 2.67. The van der Waals surface area contributed by atoms with Crippen molar-refractivity contribution in [3.8, 4) is 5.75 Å². The van der Waals surface area contributed by atoms with Gasteiger partial charge in [0.15, 0.2) is 0 Å². The number of fused-ring (bicyclic) bond motifs is 1. The Labute approximate surface area is 129 Å². The van der Waals surface area contributed by atoms with E-state index in [1.165, 1.54) is 16.0 Å². The zero-order chi connectivity index (χ0) is 14.7. The lowest BCUT2D eigenvalue weighted by atomic mass is 9.99. The van der Waals surface area contributed by atoms with Crippen molar-refractivity contribution in [3.05, 3.63) is 59.7 Å². The van der Waals surface area contributed by atoms with Gasteiger partial charge >= 0.3 is 0 Å². The third kappa shape index (κ3) is 3.07. The number of benzene rings is 2. The Kier molecular flexibility index (Phi) is 4.48. The molecule has 2 unspecified atom stereocenters. The molecule has 21 heavy (non-hydrogen) atoms. The first-order valence-electron chi connectivity index (χ1n) is 7.25. The Hall–Kier alpha value is -1.49. The van der Waals surface area contributed by atoms with Crippen LogP contribution in [0.25, 0.3) is 0 Å². The molecular weight excluding hydrogens is 280 g/mol. The van der Waals surface area contributed by atoms with Crippen molar-refractivity contribution in [2.75, 3.05) is 6.61 Å². The normalized spacial score (nSPS) is 18.3. The lowest BCUT2D eigenvalue weighted by Gasteiger charge is -2.23. The summed E-state index contributed by atoms with van der Waals surface area (Å²) in [5.41, 5.74) is 5.57. The topological polar surface area (TPSA) is 47.3 Å². The van der Waals surface area contributed by atoms with Gasteiger partial charge in [-0.15, -0.1) is 11.8 Å². The Morgan fingerprint density at radius 2 is 2.14 bits per heavy atom. The summed E-state index contributed by atoms with van der Waals surface area (Å²) < 4.78 is 5.59. The fourth-order valence-corrected chi connectivity index (χ4v) is 4.20. The molecule has 3 nitrogen and oxygen atoms in total. The van der Waals surface area contributed by atoms with Crippen molar-refractivity contribution in [2.24, 2.45) is 5.84 Å². The maximum atomic E-state index is 5.84. The first kappa shape index (κ1) is 14.4. The number of ether oxygens (including phenoxy) is 1. The molecule has 2 aromatic carbocycles. The van der Waals surface area contributed by atoms with Crippen LogP contribution in [0.3, 0.4) is 0 Å². The first-order valence-corrected chi connectivity index (χ1v) is 8.13. The molecule has 3 N–H and O–H groups in total. The zero-order valence-electron chi connectivity index (χ0n) is 12.1. The van der Waals surface area contributed by atoms with Crippen LogP contribution in [-0.2, 0) is 6.42 Å². The van der Waals surface area contributed by atoms with Gasteiger partial charge in [-0.25, -0.2) is 0 Å². The van der Waals surface area contributed by atoms with Crippen LogP contribution in [0.5, 0.6) is 5.75 Å². The highest BCUT2D eigenvalue weighted by molar-refractivity contribution is 8.00. The summed E-state index contributed by atoms with van der Waals surface area (Å²) in [6, 6.07) is 16.9.